The van der Waals surface area contributed by atoms with Crippen LogP contribution in [0.5, 0.6) is 11.5 Å². The van der Waals surface area contributed by atoms with E-state index in [1.165, 1.54) is 36.4 Å². The highest BCUT2D eigenvalue weighted by atomic mass is 19.4. The predicted molar refractivity (Wildman–Crippen MR) is 225 cm³/mol. The molecule has 0 amide bonds. The van der Waals surface area contributed by atoms with Gasteiger partial charge in [-0.25, -0.2) is 9.97 Å². The quantitative estimate of drug-likeness (QED) is 0.0381. The lowest BCUT2D eigenvalue weighted by Crippen LogP contribution is -2.33. The second kappa shape index (κ2) is 22.4. The fourth-order valence-corrected chi connectivity index (χ4v) is 7.29. The van der Waals surface area contributed by atoms with E-state index in [-0.39, 0.29) is 76.7 Å². The van der Waals surface area contributed by atoms with Gasteiger partial charge in [0, 0.05) is 49.4 Å². The van der Waals surface area contributed by atoms with E-state index < -0.39 is 22.6 Å². The number of hydrogen-bond acceptors (Lipinski definition) is 16. The highest BCUT2D eigenvalue weighted by Crippen LogP contribution is 2.32. The SMILES string of the molecule is CN(C)C1CCC(CNc2nc(NCc3ccccc3OC(F)(F)F)ncc2[N+](=O)[O-])CC1.NC1CCC(CNc2nc(NCc3ccccc3OC(F)(F)F)ncc2[N+](=O)[O-])CC1. The normalized spacial score (nSPS) is 18.8. The number of alkyl halides is 6. The second-order valence-electron chi connectivity index (χ2n) is 15.6. The highest BCUT2D eigenvalue weighted by molar-refractivity contribution is 5.58. The minimum absolute atomic E-state index is 0.0422. The van der Waals surface area contributed by atoms with Crippen molar-refractivity contribution in [1.82, 2.24) is 24.8 Å². The first-order valence-electron chi connectivity index (χ1n) is 20.4. The third kappa shape index (κ3) is 15.5. The Kier molecular flexibility index (Phi) is 17.0. The Hall–Kier alpha value is -6.30. The van der Waals surface area contributed by atoms with Crippen molar-refractivity contribution in [2.75, 3.05) is 48.5 Å². The number of hydrogen-bond donors (Lipinski definition) is 5. The number of para-hydroxylation sites is 2. The van der Waals surface area contributed by atoms with Crippen molar-refractivity contribution in [3.8, 4) is 11.5 Å². The Morgan fingerprint density at radius 2 is 1.05 bits per heavy atom. The molecule has 6 rings (SSSR count). The molecule has 64 heavy (non-hydrogen) atoms. The summed E-state index contributed by atoms with van der Waals surface area (Å²) < 4.78 is 83.6. The Morgan fingerprint density at radius 1 is 0.656 bits per heavy atom. The van der Waals surface area contributed by atoms with Crippen molar-refractivity contribution < 1.29 is 45.7 Å². The van der Waals surface area contributed by atoms with Crippen LogP contribution in [0.3, 0.4) is 0 Å². The number of nitrogens with one attached hydrogen (secondary N) is 4. The first kappa shape index (κ1) is 48.7. The lowest BCUT2D eigenvalue weighted by molar-refractivity contribution is -0.384. The molecular weight excluding hydrogens is 859 g/mol. The Balaban J connectivity index is 0.000000241. The van der Waals surface area contributed by atoms with Crippen molar-refractivity contribution in [2.45, 2.75) is 89.3 Å². The number of rotatable bonds is 17. The van der Waals surface area contributed by atoms with Gasteiger partial charge in [-0.2, -0.15) is 9.97 Å². The summed E-state index contributed by atoms with van der Waals surface area (Å²) in [4.78, 5) is 39.9. The molecular formula is C40H50F6N12O6. The number of ether oxygens (including phenoxy) is 2. The van der Waals surface area contributed by atoms with Crippen LogP contribution in [-0.4, -0.2) is 86.7 Å². The van der Waals surface area contributed by atoms with Crippen molar-refractivity contribution in [3.05, 3.63) is 92.3 Å². The topological polar surface area (TPSA) is 234 Å². The van der Waals surface area contributed by atoms with E-state index in [9.17, 15) is 46.6 Å². The summed E-state index contributed by atoms with van der Waals surface area (Å²) in [5, 5.41) is 34.4. The molecule has 4 aromatic rings. The van der Waals surface area contributed by atoms with Crippen LogP contribution in [0.4, 0.5) is 61.2 Å². The van der Waals surface area contributed by atoms with Crippen LogP contribution < -0.4 is 36.5 Å². The second-order valence-corrected chi connectivity index (χ2v) is 15.6. The fraction of sp³-hybridized carbons (Fsp3) is 0.500. The van der Waals surface area contributed by atoms with Gasteiger partial charge in [0.15, 0.2) is 0 Å². The van der Waals surface area contributed by atoms with Crippen LogP contribution in [0.1, 0.15) is 62.5 Å². The lowest BCUT2D eigenvalue weighted by Gasteiger charge is -2.32. The molecule has 6 N–H and O–H groups in total. The first-order valence-corrected chi connectivity index (χ1v) is 20.4. The summed E-state index contributed by atoms with van der Waals surface area (Å²) >= 11 is 0. The molecule has 348 valence electrons. The maximum Gasteiger partial charge on any atom is 0.573 e. The van der Waals surface area contributed by atoms with Gasteiger partial charge < -0.3 is 41.4 Å². The van der Waals surface area contributed by atoms with Gasteiger partial charge >= 0.3 is 24.1 Å². The summed E-state index contributed by atoms with van der Waals surface area (Å²) in [7, 11) is 4.13. The van der Waals surface area contributed by atoms with Crippen molar-refractivity contribution in [2.24, 2.45) is 17.6 Å². The maximum absolute atomic E-state index is 12.6. The monoisotopic (exact) mass is 908 g/mol. The van der Waals surface area contributed by atoms with Gasteiger partial charge in [0.05, 0.1) is 9.85 Å². The molecule has 0 atom stereocenters. The molecule has 2 aromatic carbocycles. The molecule has 0 radical (unpaired) electrons. The van der Waals surface area contributed by atoms with Crippen molar-refractivity contribution in [1.29, 1.82) is 0 Å². The van der Waals surface area contributed by atoms with Crippen LogP contribution in [0.15, 0.2) is 60.9 Å². The molecule has 2 fully saturated rings. The molecule has 2 aliphatic carbocycles. The number of anilines is 4. The zero-order valence-corrected chi connectivity index (χ0v) is 35.0. The Morgan fingerprint density at radius 3 is 1.42 bits per heavy atom. The molecule has 2 aliphatic rings. The van der Waals surface area contributed by atoms with Gasteiger partial charge in [-0.05, 0) is 89.4 Å². The third-order valence-electron chi connectivity index (χ3n) is 10.8. The van der Waals surface area contributed by atoms with Gasteiger partial charge in [-0.3, -0.25) is 20.2 Å². The minimum Gasteiger partial charge on any atom is -0.405 e. The molecule has 24 heteroatoms. The number of aromatic nitrogens is 4. The van der Waals surface area contributed by atoms with E-state index in [1.54, 1.807) is 12.1 Å². The smallest absolute Gasteiger partial charge is 0.405 e. The zero-order valence-electron chi connectivity index (χ0n) is 35.0. The van der Waals surface area contributed by atoms with Gasteiger partial charge in [0.2, 0.25) is 23.5 Å². The Bertz CT molecular complexity index is 2150. The van der Waals surface area contributed by atoms with E-state index in [0.29, 0.717) is 31.0 Å². The van der Waals surface area contributed by atoms with Crippen LogP contribution in [0.2, 0.25) is 0 Å². The van der Waals surface area contributed by atoms with Gasteiger partial charge in [-0.15, -0.1) is 26.3 Å². The first-order chi connectivity index (χ1) is 30.3. The predicted octanol–water partition coefficient (Wildman–Crippen LogP) is 8.25. The molecule has 0 bridgehead atoms. The molecule has 18 nitrogen and oxygen atoms in total. The summed E-state index contributed by atoms with van der Waals surface area (Å²) in [5.74, 6) is 0.242. The molecule has 0 unspecified atom stereocenters. The lowest BCUT2D eigenvalue weighted by atomic mass is 9.85. The van der Waals surface area contributed by atoms with Crippen LogP contribution in [0, 0.1) is 32.1 Å². The molecule has 0 aliphatic heterocycles. The van der Waals surface area contributed by atoms with E-state index >= 15 is 0 Å². The van der Waals surface area contributed by atoms with Gasteiger partial charge in [0.25, 0.3) is 0 Å². The number of nitrogens with zero attached hydrogens (tertiary/aromatic N) is 7. The molecule has 0 saturated heterocycles. The average Bonchev–Trinajstić information content (AvgIpc) is 3.24. The summed E-state index contributed by atoms with van der Waals surface area (Å²) in [6.45, 7) is 0.925. The van der Waals surface area contributed by atoms with Gasteiger partial charge in [-0.1, -0.05) is 36.4 Å². The summed E-state index contributed by atoms with van der Waals surface area (Å²) in [6, 6.07) is 12.1. The zero-order chi connectivity index (χ0) is 46.4. The molecule has 0 spiro atoms. The van der Waals surface area contributed by atoms with Crippen molar-refractivity contribution >= 4 is 34.9 Å². The van der Waals surface area contributed by atoms with E-state index in [0.717, 1.165) is 63.8 Å². The molecule has 2 heterocycles. The fourth-order valence-electron chi connectivity index (χ4n) is 7.29. The largest absolute Gasteiger partial charge is 0.573 e. The Labute approximate surface area is 364 Å². The number of halogens is 6. The van der Waals surface area contributed by atoms with E-state index in [2.05, 4.69) is 69.7 Å². The molecule has 2 saturated carbocycles. The van der Waals surface area contributed by atoms with Crippen LogP contribution >= 0.6 is 0 Å². The van der Waals surface area contributed by atoms with Gasteiger partial charge in [0.1, 0.15) is 23.9 Å². The standard InChI is InChI=1S/C21H27F3N6O3.C19H23F3N6O3/c1-29(2)16-9-7-14(8-10-16)11-25-19-17(30(31)32)13-27-20(28-19)26-12-15-5-3-4-6-18(15)33-21(22,23)24;20-19(21,22)31-16-4-2-1-3-13(16)10-25-18-26-11-15(28(29)30)17(27-18)24-9-12-5-7-14(23)8-6-12/h3-6,13-14,16H,7-12H2,1-2H3,(H2,25,26,27,28);1-4,11-12,14H,5-10,23H2,(H2,24,25,26,27). The number of nitrogens with two attached hydrogens (primary N) is 1. The minimum atomic E-state index is -4.82. The van der Waals surface area contributed by atoms with Crippen LogP contribution in [-0.2, 0) is 13.1 Å². The summed E-state index contributed by atoms with van der Waals surface area (Å²) in [5.41, 5.74) is 5.84. The van der Waals surface area contributed by atoms with Crippen molar-refractivity contribution in [3.63, 3.8) is 0 Å². The number of nitro groups is 2. The highest BCUT2D eigenvalue weighted by Gasteiger charge is 2.33. The van der Waals surface area contributed by atoms with E-state index in [4.69, 9.17) is 5.73 Å². The maximum atomic E-state index is 12.6. The average molecular weight is 909 g/mol. The summed E-state index contributed by atoms with van der Waals surface area (Å²) in [6.07, 6.45) is 0.325. The number of benzene rings is 2. The third-order valence-corrected chi connectivity index (χ3v) is 10.8. The molecule has 2 aromatic heterocycles. The van der Waals surface area contributed by atoms with E-state index in [1.807, 2.05) is 0 Å². The van der Waals surface area contributed by atoms with Crippen LogP contribution in [0.25, 0.3) is 0 Å².